The monoisotopic (exact) mass is 376 g/mol. The number of hydrogen-bond donors (Lipinski definition) is 0. The van der Waals surface area contributed by atoms with Gasteiger partial charge in [-0.2, -0.15) is 0 Å². The molecule has 1 amide bonds. The smallest absolute Gasteiger partial charge is 0.247 e. The maximum atomic E-state index is 14.2. The van der Waals surface area contributed by atoms with Crippen molar-refractivity contribution >= 4 is 11.6 Å². The summed E-state index contributed by atoms with van der Waals surface area (Å²) in [6.45, 7) is 0.449. The standard InChI is InChI=1S/C20H20F2NO.Ti/c21-17-11-12-19(18(22)13-17)23(14-15-7-3-1-4-8-15)20(24)16-9-5-2-6-10-16;/h2,5-6,9-12,15H,1,3-4,7-8,14H2;/q-1;. The van der Waals surface area contributed by atoms with E-state index >= 15 is 0 Å². The molecule has 0 atom stereocenters. The summed E-state index contributed by atoms with van der Waals surface area (Å²) in [6, 6.07) is 13.3. The molecule has 0 heterocycles. The fourth-order valence-corrected chi connectivity index (χ4v) is 3.30. The molecule has 1 aliphatic carbocycles. The van der Waals surface area contributed by atoms with E-state index in [-0.39, 0.29) is 33.3 Å². The van der Waals surface area contributed by atoms with E-state index in [2.05, 4.69) is 0 Å². The summed E-state index contributed by atoms with van der Waals surface area (Å²) in [5, 5.41) is 0. The molecule has 0 unspecified atom stereocenters. The molecule has 2 aromatic carbocycles. The Morgan fingerprint density at radius 2 is 1.72 bits per heavy atom. The number of nitrogens with zero attached hydrogens (tertiary/aromatic N) is 1. The first-order valence-electron chi connectivity index (χ1n) is 8.39. The molecule has 3 rings (SSSR count). The number of hydrogen-bond acceptors (Lipinski definition) is 1. The van der Waals surface area contributed by atoms with Crippen molar-refractivity contribution in [3.8, 4) is 0 Å². The van der Waals surface area contributed by atoms with Crippen LogP contribution in [0, 0.1) is 23.6 Å². The third-order valence-corrected chi connectivity index (χ3v) is 4.56. The quantitative estimate of drug-likeness (QED) is 0.544. The molecule has 1 fully saturated rings. The predicted octanol–water partition coefficient (Wildman–Crippen LogP) is 4.99. The summed E-state index contributed by atoms with van der Waals surface area (Å²) in [5.41, 5.74) is 0.591. The molecule has 0 aliphatic heterocycles. The maximum absolute atomic E-state index is 14.2. The minimum atomic E-state index is -0.824. The van der Waals surface area contributed by atoms with Gasteiger partial charge in [-0.1, -0.05) is 37.5 Å². The summed E-state index contributed by atoms with van der Waals surface area (Å²) < 4.78 is 27.4. The number of carbonyl (C=O) groups is 1. The van der Waals surface area contributed by atoms with Crippen LogP contribution in [0.5, 0.6) is 0 Å². The molecule has 0 radical (unpaired) electrons. The molecule has 0 spiro atoms. The molecular weight excluding hydrogens is 356 g/mol. The number of carbonyl (C=O) groups excluding carboxylic acids is 1. The van der Waals surface area contributed by atoms with Crippen LogP contribution in [0.2, 0.25) is 0 Å². The average Bonchev–Trinajstić information content (AvgIpc) is 2.61. The summed E-state index contributed by atoms with van der Waals surface area (Å²) in [6.07, 6.45) is 5.55. The van der Waals surface area contributed by atoms with E-state index in [9.17, 15) is 13.6 Å². The molecule has 2 nitrogen and oxygen atoms in total. The molecule has 0 bridgehead atoms. The SMILES string of the molecule is O=C(c1ccccc1)N(CC1CCCCC1)c1ccc(F)[c-]c1F.[Ti]. The number of rotatable bonds is 4. The Morgan fingerprint density at radius 3 is 2.36 bits per heavy atom. The topological polar surface area (TPSA) is 20.3 Å². The van der Waals surface area contributed by atoms with Gasteiger partial charge in [0.1, 0.15) is 0 Å². The predicted molar refractivity (Wildman–Crippen MR) is 89.9 cm³/mol. The van der Waals surface area contributed by atoms with Gasteiger partial charge in [0.05, 0.1) is 0 Å². The van der Waals surface area contributed by atoms with E-state index in [1.807, 2.05) is 12.1 Å². The van der Waals surface area contributed by atoms with Crippen molar-refractivity contribution in [1.82, 2.24) is 0 Å². The van der Waals surface area contributed by atoms with E-state index in [0.29, 0.717) is 18.0 Å². The molecule has 130 valence electrons. The Morgan fingerprint density at radius 1 is 1.04 bits per heavy atom. The number of benzene rings is 2. The molecule has 0 aromatic heterocycles. The van der Waals surface area contributed by atoms with Gasteiger partial charge < -0.3 is 4.90 Å². The minimum absolute atomic E-state index is 0. The fourth-order valence-electron chi connectivity index (χ4n) is 3.30. The Balaban J connectivity index is 0.00000225. The van der Waals surface area contributed by atoms with E-state index < -0.39 is 11.6 Å². The van der Waals surface area contributed by atoms with Gasteiger partial charge in [0.25, 0.3) is 0 Å². The Labute approximate surface area is 162 Å². The molecule has 1 aliphatic rings. The van der Waals surface area contributed by atoms with Crippen LogP contribution in [0.15, 0.2) is 42.5 Å². The Bertz CT molecular complexity index is 702. The van der Waals surface area contributed by atoms with Crippen molar-refractivity contribution in [3.63, 3.8) is 0 Å². The molecule has 25 heavy (non-hydrogen) atoms. The second-order valence-corrected chi connectivity index (χ2v) is 6.29. The van der Waals surface area contributed by atoms with Gasteiger partial charge in [0.15, 0.2) is 0 Å². The summed E-state index contributed by atoms with van der Waals surface area (Å²) in [5.74, 6) is -1.51. The van der Waals surface area contributed by atoms with E-state index in [4.69, 9.17) is 0 Å². The van der Waals surface area contributed by atoms with Crippen LogP contribution >= 0.6 is 0 Å². The summed E-state index contributed by atoms with van der Waals surface area (Å²) >= 11 is 0. The second-order valence-electron chi connectivity index (χ2n) is 6.29. The number of anilines is 1. The van der Waals surface area contributed by atoms with Gasteiger partial charge >= 0.3 is 0 Å². The third kappa shape index (κ3) is 4.99. The van der Waals surface area contributed by atoms with Crippen molar-refractivity contribution in [1.29, 1.82) is 0 Å². The Kier molecular flexibility index (Phi) is 7.33. The van der Waals surface area contributed by atoms with Gasteiger partial charge in [-0.25, -0.2) is 8.78 Å². The molecular formula is C20H20F2NOTi-. The molecule has 2 aromatic rings. The second kappa shape index (κ2) is 9.26. The van der Waals surface area contributed by atoms with Gasteiger partial charge in [-0.3, -0.25) is 4.79 Å². The molecule has 0 saturated heterocycles. The van der Waals surface area contributed by atoms with E-state index in [0.717, 1.165) is 31.7 Å². The van der Waals surface area contributed by atoms with Crippen molar-refractivity contribution < 1.29 is 35.3 Å². The molecule has 0 N–H and O–H groups in total. The van der Waals surface area contributed by atoms with Crippen molar-refractivity contribution in [3.05, 3.63) is 65.7 Å². The minimum Gasteiger partial charge on any atom is -0.359 e. The van der Waals surface area contributed by atoms with Crippen molar-refractivity contribution in [2.75, 3.05) is 11.4 Å². The van der Waals surface area contributed by atoms with Crippen molar-refractivity contribution in [2.24, 2.45) is 5.92 Å². The molecule has 1 saturated carbocycles. The first-order chi connectivity index (χ1) is 11.6. The zero-order valence-electron chi connectivity index (χ0n) is 14.0. The van der Waals surface area contributed by atoms with Crippen LogP contribution in [0.3, 0.4) is 0 Å². The van der Waals surface area contributed by atoms with Crippen LogP contribution in [0.25, 0.3) is 0 Å². The van der Waals surface area contributed by atoms with Gasteiger partial charge in [0, 0.05) is 45.5 Å². The van der Waals surface area contributed by atoms with Gasteiger partial charge in [-0.05, 0) is 36.6 Å². The van der Waals surface area contributed by atoms with Crippen LogP contribution in [-0.4, -0.2) is 12.5 Å². The Hall–Kier alpha value is -1.52. The van der Waals surface area contributed by atoms with E-state index in [1.54, 1.807) is 24.3 Å². The van der Waals surface area contributed by atoms with Crippen molar-refractivity contribution in [2.45, 2.75) is 32.1 Å². The van der Waals surface area contributed by atoms with E-state index in [1.165, 1.54) is 17.4 Å². The van der Waals surface area contributed by atoms with Gasteiger partial charge in [0.2, 0.25) is 5.91 Å². The zero-order valence-corrected chi connectivity index (χ0v) is 15.5. The maximum Gasteiger partial charge on any atom is 0.247 e. The number of halogens is 2. The first-order valence-corrected chi connectivity index (χ1v) is 8.39. The fraction of sp³-hybridized carbons (Fsp3) is 0.350. The van der Waals surface area contributed by atoms with Crippen LogP contribution in [0.1, 0.15) is 42.5 Å². The van der Waals surface area contributed by atoms with Crippen LogP contribution in [0.4, 0.5) is 14.5 Å². The normalized spacial score (nSPS) is 14.6. The first kappa shape index (κ1) is 19.8. The number of amides is 1. The van der Waals surface area contributed by atoms with Crippen LogP contribution < -0.4 is 4.90 Å². The average molecular weight is 376 g/mol. The largest absolute Gasteiger partial charge is 0.359 e. The summed E-state index contributed by atoms with van der Waals surface area (Å²) in [7, 11) is 0. The summed E-state index contributed by atoms with van der Waals surface area (Å²) in [4.78, 5) is 14.3. The van der Waals surface area contributed by atoms with Crippen LogP contribution in [-0.2, 0) is 21.7 Å². The third-order valence-electron chi connectivity index (χ3n) is 4.56. The zero-order chi connectivity index (χ0) is 16.9. The van der Waals surface area contributed by atoms with Gasteiger partial charge in [-0.15, -0.1) is 18.2 Å². The molecule has 5 heteroatoms.